The summed E-state index contributed by atoms with van der Waals surface area (Å²) in [5, 5.41) is 11.1. The quantitative estimate of drug-likeness (QED) is 0.855. The molecule has 20 heavy (non-hydrogen) atoms. The number of amides is 1. The van der Waals surface area contributed by atoms with Crippen LogP contribution < -0.4 is 5.32 Å². The minimum atomic E-state index is -0.917. The second-order valence-corrected chi connectivity index (χ2v) is 4.04. The number of benzene rings is 1. The van der Waals surface area contributed by atoms with Gasteiger partial charge in [0.2, 0.25) is 5.95 Å². The molecule has 1 N–H and O–H groups in total. The fraction of sp³-hybridized carbons (Fsp3) is 0.0714. The molecule has 0 unspecified atom stereocenters. The summed E-state index contributed by atoms with van der Waals surface area (Å²) < 4.78 is 26.9. The topological polar surface area (TPSA) is 65.8 Å². The Balaban J connectivity index is 2.36. The first-order valence-electron chi connectivity index (χ1n) is 5.65. The van der Waals surface area contributed by atoms with Gasteiger partial charge in [-0.3, -0.25) is 4.79 Å². The van der Waals surface area contributed by atoms with Gasteiger partial charge in [-0.05, 0) is 31.2 Å². The Labute approximate surface area is 113 Å². The Morgan fingerprint density at radius 2 is 2.15 bits per heavy atom. The molecule has 0 spiro atoms. The maximum Gasteiger partial charge on any atom is 0.260 e. The number of nitrogens with zero attached hydrogens (tertiary/aromatic N) is 2. The number of hydrogen-bond acceptors (Lipinski definition) is 3. The number of pyridine rings is 1. The lowest BCUT2D eigenvalue weighted by molar-refractivity contribution is 0.102. The third kappa shape index (κ3) is 2.62. The maximum atomic E-state index is 13.6. The molecule has 0 fully saturated rings. The second kappa shape index (κ2) is 5.45. The van der Waals surface area contributed by atoms with Crippen molar-refractivity contribution in [2.24, 2.45) is 0 Å². The highest BCUT2D eigenvalue weighted by Crippen LogP contribution is 2.21. The third-order valence-electron chi connectivity index (χ3n) is 2.73. The number of anilines is 1. The minimum Gasteiger partial charge on any atom is -0.321 e. The van der Waals surface area contributed by atoms with Crippen LogP contribution in [0.2, 0.25) is 0 Å². The largest absolute Gasteiger partial charge is 0.321 e. The highest BCUT2D eigenvalue weighted by atomic mass is 19.1. The van der Waals surface area contributed by atoms with Crippen molar-refractivity contribution in [3.05, 3.63) is 58.9 Å². The van der Waals surface area contributed by atoms with E-state index in [9.17, 15) is 13.6 Å². The van der Waals surface area contributed by atoms with Crippen LogP contribution in [-0.4, -0.2) is 10.9 Å². The first-order valence-corrected chi connectivity index (χ1v) is 5.65. The first kappa shape index (κ1) is 13.6. The van der Waals surface area contributed by atoms with Crippen LogP contribution in [0, 0.1) is 30.0 Å². The van der Waals surface area contributed by atoms with Crippen molar-refractivity contribution in [1.82, 2.24) is 4.98 Å². The molecule has 2 rings (SSSR count). The summed E-state index contributed by atoms with van der Waals surface area (Å²) in [7, 11) is 0. The molecule has 0 bridgehead atoms. The maximum absolute atomic E-state index is 13.6. The predicted octanol–water partition coefficient (Wildman–Crippen LogP) is 2.79. The highest BCUT2D eigenvalue weighted by molar-refractivity contribution is 6.04. The molecule has 1 aromatic heterocycles. The number of nitrogens with one attached hydrogen (secondary N) is 1. The van der Waals surface area contributed by atoms with E-state index in [-0.39, 0.29) is 22.4 Å². The Hall–Kier alpha value is -2.81. The van der Waals surface area contributed by atoms with E-state index in [0.29, 0.717) is 0 Å². The van der Waals surface area contributed by atoms with Crippen molar-refractivity contribution < 1.29 is 13.6 Å². The summed E-state index contributed by atoms with van der Waals surface area (Å²) in [6.45, 7) is 1.45. The van der Waals surface area contributed by atoms with Gasteiger partial charge in [-0.2, -0.15) is 9.65 Å². The number of hydrogen-bond donors (Lipinski definition) is 1. The number of rotatable bonds is 2. The molecule has 4 nitrogen and oxygen atoms in total. The number of aromatic nitrogens is 1. The van der Waals surface area contributed by atoms with Crippen molar-refractivity contribution in [3.8, 4) is 6.07 Å². The molecule has 0 aliphatic carbocycles. The number of carbonyl (C=O) groups excluding carboxylic acids is 1. The number of nitriles is 1. The molecular formula is C14H9F2N3O. The molecule has 0 saturated heterocycles. The zero-order valence-corrected chi connectivity index (χ0v) is 10.4. The Bertz CT molecular complexity index is 723. The van der Waals surface area contributed by atoms with Crippen LogP contribution in [0.3, 0.4) is 0 Å². The highest BCUT2D eigenvalue weighted by Gasteiger charge is 2.15. The van der Waals surface area contributed by atoms with E-state index in [2.05, 4.69) is 10.3 Å². The third-order valence-corrected chi connectivity index (χ3v) is 2.73. The van der Waals surface area contributed by atoms with Gasteiger partial charge in [-0.1, -0.05) is 0 Å². The van der Waals surface area contributed by atoms with Crippen LogP contribution in [0.1, 0.15) is 21.5 Å². The molecule has 0 aliphatic rings. The Morgan fingerprint density at radius 3 is 2.80 bits per heavy atom. The SMILES string of the molecule is Cc1c(F)cc(C#N)cc1NC(=O)c1cccnc1F. The van der Waals surface area contributed by atoms with Gasteiger partial charge in [-0.25, -0.2) is 9.37 Å². The molecule has 0 aliphatic heterocycles. The Kier molecular flexibility index (Phi) is 3.71. The lowest BCUT2D eigenvalue weighted by atomic mass is 10.1. The van der Waals surface area contributed by atoms with Gasteiger partial charge in [0, 0.05) is 17.4 Å². The normalized spacial score (nSPS) is 9.90. The van der Waals surface area contributed by atoms with Gasteiger partial charge in [0.1, 0.15) is 5.82 Å². The van der Waals surface area contributed by atoms with Gasteiger partial charge in [0.05, 0.1) is 17.2 Å². The van der Waals surface area contributed by atoms with E-state index < -0.39 is 17.7 Å². The first-order chi connectivity index (χ1) is 9.52. The van der Waals surface area contributed by atoms with Crippen molar-refractivity contribution in [3.63, 3.8) is 0 Å². The second-order valence-electron chi connectivity index (χ2n) is 4.04. The van der Waals surface area contributed by atoms with Crippen LogP contribution >= 0.6 is 0 Å². The van der Waals surface area contributed by atoms with Crippen LogP contribution in [0.4, 0.5) is 14.5 Å². The molecule has 100 valence electrons. The molecule has 0 saturated carbocycles. The van der Waals surface area contributed by atoms with Gasteiger partial charge in [0.15, 0.2) is 0 Å². The summed E-state index contributed by atoms with van der Waals surface area (Å²) in [5.41, 5.74) is 0.0983. The van der Waals surface area contributed by atoms with Crippen LogP contribution in [-0.2, 0) is 0 Å². The predicted molar refractivity (Wildman–Crippen MR) is 68.0 cm³/mol. The van der Waals surface area contributed by atoms with Gasteiger partial charge >= 0.3 is 0 Å². The van der Waals surface area contributed by atoms with Crippen molar-refractivity contribution in [1.29, 1.82) is 5.26 Å². The van der Waals surface area contributed by atoms with E-state index in [4.69, 9.17) is 5.26 Å². The summed E-state index contributed by atoms with van der Waals surface area (Å²) >= 11 is 0. The van der Waals surface area contributed by atoms with Crippen molar-refractivity contribution in [2.75, 3.05) is 5.32 Å². The molecule has 1 aromatic carbocycles. The van der Waals surface area contributed by atoms with E-state index in [1.165, 1.54) is 31.3 Å². The van der Waals surface area contributed by atoms with Crippen LogP contribution in [0.5, 0.6) is 0 Å². The fourth-order valence-electron chi connectivity index (χ4n) is 1.62. The smallest absolute Gasteiger partial charge is 0.260 e. The van der Waals surface area contributed by atoms with E-state index in [1.54, 1.807) is 6.07 Å². The standard InChI is InChI=1S/C14H9F2N3O/c1-8-11(15)5-9(7-17)6-12(8)19-14(20)10-3-2-4-18-13(10)16/h2-6H,1H3,(H,19,20). The summed E-state index contributed by atoms with van der Waals surface area (Å²) in [6, 6.07) is 6.85. The van der Waals surface area contributed by atoms with E-state index >= 15 is 0 Å². The van der Waals surface area contributed by atoms with Gasteiger partial charge in [-0.15, -0.1) is 0 Å². The molecule has 1 heterocycles. The molecular weight excluding hydrogens is 264 g/mol. The molecule has 0 radical (unpaired) electrons. The van der Waals surface area contributed by atoms with Crippen molar-refractivity contribution >= 4 is 11.6 Å². The van der Waals surface area contributed by atoms with Crippen molar-refractivity contribution in [2.45, 2.75) is 6.92 Å². The van der Waals surface area contributed by atoms with Gasteiger partial charge < -0.3 is 5.32 Å². The summed E-state index contributed by atoms with van der Waals surface area (Å²) in [6.07, 6.45) is 1.22. The molecule has 2 aromatic rings. The van der Waals surface area contributed by atoms with E-state index in [0.717, 1.165) is 6.07 Å². The van der Waals surface area contributed by atoms with Crippen LogP contribution in [0.25, 0.3) is 0 Å². The zero-order valence-electron chi connectivity index (χ0n) is 10.4. The molecule has 1 amide bonds. The van der Waals surface area contributed by atoms with Gasteiger partial charge in [0.25, 0.3) is 5.91 Å². The zero-order chi connectivity index (χ0) is 14.7. The fourth-order valence-corrected chi connectivity index (χ4v) is 1.62. The summed E-state index contributed by atoms with van der Waals surface area (Å²) in [4.78, 5) is 15.3. The lowest BCUT2D eigenvalue weighted by Crippen LogP contribution is -2.15. The Morgan fingerprint density at radius 1 is 1.40 bits per heavy atom. The van der Waals surface area contributed by atoms with E-state index in [1.807, 2.05) is 0 Å². The average Bonchev–Trinajstić information content (AvgIpc) is 2.43. The average molecular weight is 273 g/mol. The number of halogens is 2. The number of carbonyl (C=O) groups is 1. The monoisotopic (exact) mass is 273 g/mol. The molecule has 0 atom stereocenters. The molecule has 6 heteroatoms. The summed E-state index contributed by atoms with van der Waals surface area (Å²) in [5.74, 6) is -2.29. The minimum absolute atomic E-state index is 0.0649. The lowest BCUT2D eigenvalue weighted by Gasteiger charge is -2.09. The van der Waals surface area contributed by atoms with Crippen LogP contribution in [0.15, 0.2) is 30.5 Å².